The average molecular weight is 398 g/mol. The zero-order valence-corrected chi connectivity index (χ0v) is 17.0. The zero-order valence-electron chi connectivity index (χ0n) is 14.6. The van der Waals surface area contributed by atoms with Crippen molar-refractivity contribution in [3.63, 3.8) is 0 Å². The summed E-state index contributed by atoms with van der Waals surface area (Å²) < 4.78 is 5.56. The SMILES string of the molecule is CCOC(C)c1nc(CN(C)C(=O)[C@@H]2CCC[C@@H]2CN)cs1.Cl.Cl. The highest BCUT2D eigenvalue weighted by Crippen LogP contribution is 2.32. The normalized spacial score (nSPS) is 20.8. The number of thiazole rings is 1. The fourth-order valence-corrected chi connectivity index (χ4v) is 3.96. The highest BCUT2D eigenvalue weighted by molar-refractivity contribution is 7.09. The van der Waals surface area contributed by atoms with Gasteiger partial charge >= 0.3 is 0 Å². The molecule has 0 spiro atoms. The van der Waals surface area contributed by atoms with Crippen LogP contribution in [0.2, 0.25) is 0 Å². The van der Waals surface area contributed by atoms with Gasteiger partial charge in [-0.15, -0.1) is 36.2 Å². The largest absolute Gasteiger partial charge is 0.372 e. The standard InChI is InChI=1S/C16H27N3O2S.2ClH/c1-4-21-11(2)15-18-13(10-22-15)9-19(3)16(20)14-7-5-6-12(14)8-17;;/h10-12,14H,4-9,17H2,1-3H3;2*1H/t11?,12-,14-;;/m1../s1. The van der Waals surface area contributed by atoms with E-state index in [1.165, 1.54) is 0 Å². The van der Waals surface area contributed by atoms with Crippen LogP contribution in [-0.2, 0) is 16.1 Å². The molecule has 24 heavy (non-hydrogen) atoms. The second kappa shape index (κ2) is 11.3. The van der Waals surface area contributed by atoms with Crippen molar-refractivity contribution in [3.05, 3.63) is 16.1 Å². The van der Waals surface area contributed by atoms with Gasteiger partial charge in [0.1, 0.15) is 11.1 Å². The Hall–Kier alpha value is -0.400. The van der Waals surface area contributed by atoms with Crippen molar-refractivity contribution in [2.45, 2.75) is 45.8 Å². The first kappa shape index (κ1) is 23.6. The van der Waals surface area contributed by atoms with E-state index in [1.807, 2.05) is 26.3 Å². The lowest BCUT2D eigenvalue weighted by atomic mass is 9.95. The number of nitrogens with zero attached hydrogens (tertiary/aromatic N) is 2. The van der Waals surface area contributed by atoms with E-state index < -0.39 is 0 Å². The Morgan fingerprint density at radius 2 is 2.21 bits per heavy atom. The summed E-state index contributed by atoms with van der Waals surface area (Å²) in [7, 11) is 1.86. The summed E-state index contributed by atoms with van der Waals surface area (Å²) in [5.74, 6) is 0.648. The molecule has 3 atom stereocenters. The summed E-state index contributed by atoms with van der Waals surface area (Å²) >= 11 is 1.59. The van der Waals surface area contributed by atoms with Gasteiger partial charge in [-0.2, -0.15) is 0 Å². The summed E-state index contributed by atoms with van der Waals surface area (Å²) in [6.07, 6.45) is 3.17. The molecule has 1 aromatic heterocycles. The van der Waals surface area contributed by atoms with Crippen molar-refractivity contribution < 1.29 is 9.53 Å². The van der Waals surface area contributed by atoms with Crippen molar-refractivity contribution in [2.24, 2.45) is 17.6 Å². The Bertz CT molecular complexity index is 501. The Balaban J connectivity index is 0.00000264. The summed E-state index contributed by atoms with van der Waals surface area (Å²) in [5, 5.41) is 2.99. The minimum absolute atomic E-state index is 0. The molecule has 8 heteroatoms. The minimum atomic E-state index is 0. The second-order valence-electron chi connectivity index (χ2n) is 6.00. The number of halogens is 2. The van der Waals surface area contributed by atoms with E-state index in [4.69, 9.17) is 10.5 Å². The molecule has 0 saturated heterocycles. The van der Waals surface area contributed by atoms with Crippen LogP contribution in [-0.4, -0.2) is 36.0 Å². The lowest BCUT2D eigenvalue weighted by Gasteiger charge is -2.24. The van der Waals surface area contributed by atoms with Gasteiger partial charge in [0.05, 0.1) is 12.2 Å². The molecule has 0 radical (unpaired) electrons. The molecule has 5 nitrogen and oxygen atoms in total. The van der Waals surface area contributed by atoms with Gasteiger partial charge in [0.15, 0.2) is 0 Å². The zero-order chi connectivity index (χ0) is 16.1. The molecular weight excluding hydrogens is 369 g/mol. The predicted molar refractivity (Wildman–Crippen MR) is 103 cm³/mol. The van der Waals surface area contributed by atoms with Gasteiger partial charge < -0.3 is 15.4 Å². The summed E-state index contributed by atoms with van der Waals surface area (Å²) in [6, 6.07) is 0. The van der Waals surface area contributed by atoms with Gasteiger partial charge in [-0.05, 0) is 39.2 Å². The summed E-state index contributed by atoms with van der Waals surface area (Å²) in [5.41, 5.74) is 6.72. The van der Waals surface area contributed by atoms with Crippen LogP contribution in [0, 0.1) is 11.8 Å². The van der Waals surface area contributed by atoms with Crippen LogP contribution in [0.25, 0.3) is 0 Å². The van der Waals surface area contributed by atoms with Crippen LogP contribution in [0.5, 0.6) is 0 Å². The molecule has 0 bridgehead atoms. The molecule has 1 heterocycles. The molecule has 1 amide bonds. The molecule has 1 aromatic rings. The third kappa shape index (κ3) is 5.85. The maximum atomic E-state index is 12.6. The quantitative estimate of drug-likeness (QED) is 0.764. The fraction of sp³-hybridized carbons (Fsp3) is 0.750. The Kier molecular flexibility index (Phi) is 11.1. The van der Waals surface area contributed by atoms with Crippen LogP contribution in [0.15, 0.2) is 5.38 Å². The Morgan fingerprint density at radius 3 is 2.83 bits per heavy atom. The topological polar surface area (TPSA) is 68.5 Å². The van der Waals surface area contributed by atoms with Crippen LogP contribution in [0.3, 0.4) is 0 Å². The molecule has 0 aliphatic heterocycles. The number of ether oxygens (including phenoxy) is 1. The maximum Gasteiger partial charge on any atom is 0.226 e. The number of hydrogen-bond donors (Lipinski definition) is 1. The lowest BCUT2D eigenvalue weighted by molar-refractivity contribution is -0.135. The third-order valence-electron chi connectivity index (χ3n) is 4.39. The molecule has 0 aromatic carbocycles. The van der Waals surface area contributed by atoms with Crippen molar-refractivity contribution >= 4 is 42.1 Å². The molecule has 1 aliphatic carbocycles. The van der Waals surface area contributed by atoms with E-state index in [0.29, 0.717) is 25.6 Å². The van der Waals surface area contributed by atoms with Gasteiger partial charge in [-0.1, -0.05) is 6.42 Å². The van der Waals surface area contributed by atoms with Crippen molar-refractivity contribution in [2.75, 3.05) is 20.2 Å². The van der Waals surface area contributed by atoms with Gasteiger partial charge in [0, 0.05) is 25.0 Å². The number of carbonyl (C=O) groups is 1. The number of hydrogen-bond acceptors (Lipinski definition) is 5. The monoisotopic (exact) mass is 397 g/mol. The van der Waals surface area contributed by atoms with Crippen LogP contribution in [0.1, 0.15) is 49.9 Å². The van der Waals surface area contributed by atoms with E-state index in [1.54, 1.807) is 16.2 Å². The van der Waals surface area contributed by atoms with Gasteiger partial charge in [-0.25, -0.2) is 4.98 Å². The first-order valence-electron chi connectivity index (χ1n) is 8.07. The molecule has 1 saturated carbocycles. The van der Waals surface area contributed by atoms with Crippen molar-refractivity contribution in [3.8, 4) is 0 Å². The van der Waals surface area contributed by atoms with Crippen LogP contribution >= 0.6 is 36.2 Å². The van der Waals surface area contributed by atoms with Gasteiger partial charge in [0.2, 0.25) is 5.91 Å². The third-order valence-corrected chi connectivity index (χ3v) is 5.44. The highest BCUT2D eigenvalue weighted by atomic mass is 35.5. The van der Waals surface area contributed by atoms with Gasteiger partial charge in [-0.3, -0.25) is 4.79 Å². The number of carbonyl (C=O) groups excluding carboxylic acids is 1. The van der Waals surface area contributed by atoms with Crippen LogP contribution < -0.4 is 5.73 Å². The molecular formula is C16H29Cl2N3O2S. The van der Waals surface area contributed by atoms with E-state index in [0.717, 1.165) is 30.0 Å². The highest BCUT2D eigenvalue weighted by Gasteiger charge is 2.33. The summed E-state index contributed by atoms with van der Waals surface area (Å²) in [4.78, 5) is 19.0. The van der Waals surface area contributed by atoms with E-state index >= 15 is 0 Å². The molecule has 2 rings (SSSR count). The van der Waals surface area contributed by atoms with E-state index in [9.17, 15) is 4.79 Å². The molecule has 140 valence electrons. The minimum Gasteiger partial charge on any atom is -0.372 e. The fourth-order valence-electron chi connectivity index (χ4n) is 3.15. The molecule has 1 unspecified atom stereocenters. The van der Waals surface area contributed by atoms with E-state index in [2.05, 4.69) is 4.98 Å². The van der Waals surface area contributed by atoms with Crippen molar-refractivity contribution in [1.82, 2.24) is 9.88 Å². The maximum absolute atomic E-state index is 12.6. The molecule has 1 fully saturated rings. The number of amides is 1. The first-order valence-corrected chi connectivity index (χ1v) is 8.95. The predicted octanol–water partition coefficient (Wildman–Crippen LogP) is 3.42. The first-order chi connectivity index (χ1) is 10.6. The smallest absolute Gasteiger partial charge is 0.226 e. The lowest BCUT2D eigenvalue weighted by Crippen LogP contribution is -2.36. The average Bonchev–Trinajstić information content (AvgIpc) is 3.15. The second-order valence-corrected chi connectivity index (χ2v) is 6.89. The Labute approximate surface area is 161 Å². The summed E-state index contributed by atoms with van der Waals surface area (Å²) in [6.45, 7) is 5.83. The number of aromatic nitrogens is 1. The number of rotatable bonds is 7. The number of nitrogens with two attached hydrogens (primary N) is 1. The molecule has 1 aliphatic rings. The van der Waals surface area contributed by atoms with Gasteiger partial charge in [0.25, 0.3) is 0 Å². The Morgan fingerprint density at radius 1 is 1.50 bits per heavy atom. The van der Waals surface area contributed by atoms with E-state index in [-0.39, 0.29) is 42.7 Å². The molecule has 2 N–H and O–H groups in total. The van der Waals surface area contributed by atoms with Crippen LogP contribution in [0.4, 0.5) is 0 Å². The van der Waals surface area contributed by atoms with Crippen molar-refractivity contribution in [1.29, 1.82) is 0 Å².